The summed E-state index contributed by atoms with van der Waals surface area (Å²) in [5.74, 6) is 1.33. The Morgan fingerprint density at radius 3 is 3.17 bits per heavy atom. The van der Waals surface area contributed by atoms with Crippen molar-refractivity contribution in [2.75, 3.05) is 23.4 Å². The van der Waals surface area contributed by atoms with Crippen LogP contribution in [0, 0.1) is 0 Å². The minimum absolute atomic E-state index is 0.0162. The number of benzene rings is 1. The molecular formula is C11H14N4OS2. The largest absolute Gasteiger partial charge is 0.330 e. The van der Waals surface area contributed by atoms with E-state index < -0.39 is 0 Å². The number of hydrogen-bond acceptors (Lipinski definition) is 6. The van der Waals surface area contributed by atoms with E-state index >= 15 is 0 Å². The lowest BCUT2D eigenvalue weighted by molar-refractivity contribution is -0.113. The number of amides is 1. The van der Waals surface area contributed by atoms with Gasteiger partial charge in [0.1, 0.15) is 11.0 Å². The van der Waals surface area contributed by atoms with Crippen LogP contribution in [0.5, 0.6) is 0 Å². The van der Waals surface area contributed by atoms with E-state index in [1.807, 2.05) is 18.2 Å². The standard InChI is InChI=1S/C11H14N4OS2/c12-5-2-6-17-7-10(16)13-8-3-1-4-9-11(8)15-18-14-9/h1,3-4H,2,5-7,12H2,(H,13,16). The molecule has 1 amide bonds. The summed E-state index contributed by atoms with van der Waals surface area (Å²) in [5.41, 5.74) is 7.68. The number of carbonyl (C=O) groups excluding carboxylic acids is 1. The highest BCUT2D eigenvalue weighted by Gasteiger charge is 2.08. The van der Waals surface area contributed by atoms with Crippen molar-refractivity contribution in [3.05, 3.63) is 18.2 Å². The Bertz CT molecular complexity index is 528. The normalized spacial score (nSPS) is 10.7. The second-order valence-corrected chi connectivity index (χ2v) is 5.31. The van der Waals surface area contributed by atoms with E-state index in [2.05, 4.69) is 14.1 Å². The van der Waals surface area contributed by atoms with Crippen molar-refractivity contribution in [2.45, 2.75) is 6.42 Å². The Labute approximate surface area is 113 Å². The van der Waals surface area contributed by atoms with E-state index in [4.69, 9.17) is 5.73 Å². The van der Waals surface area contributed by atoms with Gasteiger partial charge in [-0.1, -0.05) is 6.07 Å². The number of fused-ring (bicyclic) bond motifs is 1. The lowest BCUT2D eigenvalue weighted by atomic mass is 10.2. The molecule has 0 aliphatic carbocycles. The Hall–Kier alpha value is -1.18. The van der Waals surface area contributed by atoms with Crippen LogP contribution in [0.4, 0.5) is 5.69 Å². The number of nitrogens with one attached hydrogen (secondary N) is 1. The number of hydrogen-bond donors (Lipinski definition) is 2. The first-order chi connectivity index (χ1) is 8.81. The zero-order valence-electron chi connectivity index (χ0n) is 9.76. The zero-order valence-corrected chi connectivity index (χ0v) is 11.4. The molecule has 0 bridgehead atoms. The maximum atomic E-state index is 11.7. The molecule has 0 radical (unpaired) electrons. The third-order valence-electron chi connectivity index (χ3n) is 2.29. The molecule has 0 aliphatic rings. The fraction of sp³-hybridized carbons (Fsp3) is 0.364. The molecular weight excluding hydrogens is 268 g/mol. The summed E-state index contributed by atoms with van der Waals surface area (Å²) in [7, 11) is 0. The molecule has 2 rings (SSSR count). The minimum atomic E-state index is -0.0162. The molecule has 3 N–H and O–H groups in total. The average Bonchev–Trinajstić information content (AvgIpc) is 2.84. The van der Waals surface area contributed by atoms with Gasteiger partial charge < -0.3 is 11.1 Å². The summed E-state index contributed by atoms with van der Waals surface area (Å²) >= 11 is 2.74. The minimum Gasteiger partial charge on any atom is -0.330 e. The summed E-state index contributed by atoms with van der Waals surface area (Å²) < 4.78 is 8.31. The SMILES string of the molecule is NCCCSCC(=O)Nc1cccc2nsnc12. The molecule has 1 aromatic carbocycles. The van der Waals surface area contributed by atoms with Gasteiger partial charge >= 0.3 is 0 Å². The Balaban J connectivity index is 1.92. The molecule has 5 nitrogen and oxygen atoms in total. The molecule has 2 aromatic rings. The fourth-order valence-electron chi connectivity index (χ4n) is 1.44. The van der Waals surface area contributed by atoms with Gasteiger partial charge in [0.25, 0.3) is 0 Å². The number of aromatic nitrogens is 2. The number of anilines is 1. The molecule has 1 aromatic heterocycles. The Morgan fingerprint density at radius 2 is 2.33 bits per heavy atom. The van der Waals surface area contributed by atoms with E-state index in [1.54, 1.807) is 11.8 Å². The van der Waals surface area contributed by atoms with Crippen molar-refractivity contribution in [1.82, 2.24) is 8.75 Å². The molecule has 0 unspecified atom stereocenters. The second-order valence-electron chi connectivity index (χ2n) is 3.68. The molecule has 0 aliphatic heterocycles. The first-order valence-corrected chi connectivity index (χ1v) is 7.48. The van der Waals surface area contributed by atoms with E-state index in [9.17, 15) is 4.79 Å². The Morgan fingerprint density at radius 1 is 1.44 bits per heavy atom. The summed E-state index contributed by atoms with van der Waals surface area (Å²) in [4.78, 5) is 11.7. The monoisotopic (exact) mass is 282 g/mol. The number of nitrogens with zero attached hydrogens (tertiary/aromatic N) is 2. The van der Waals surface area contributed by atoms with Crippen molar-refractivity contribution in [3.63, 3.8) is 0 Å². The van der Waals surface area contributed by atoms with Crippen LogP contribution in [-0.4, -0.2) is 32.7 Å². The Kier molecular flexibility index (Phi) is 4.91. The quantitative estimate of drug-likeness (QED) is 0.788. The predicted molar refractivity (Wildman–Crippen MR) is 77.0 cm³/mol. The van der Waals surface area contributed by atoms with Gasteiger partial charge in [-0.3, -0.25) is 4.79 Å². The zero-order chi connectivity index (χ0) is 12.8. The van der Waals surface area contributed by atoms with Crippen LogP contribution in [0.1, 0.15) is 6.42 Å². The first kappa shape index (κ1) is 13.3. The topological polar surface area (TPSA) is 80.9 Å². The van der Waals surface area contributed by atoms with Crippen LogP contribution in [-0.2, 0) is 4.79 Å². The molecule has 18 heavy (non-hydrogen) atoms. The van der Waals surface area contributed by atoms with Crippen molar-refractivity contribution in [2.24, 2.45) is 5.73 Å². The maximum Gasteiger partial charge on any atom is 0.234 e. The molecule has 0 saturated heterocycles. The first-order valence-electron chi connectivity index (χ1n) is 5.60. The molecule has 0 saturated carbocycles. The van der Waals surface area contributed by atoms with Crippen molar-refractivity contribution in [1.29, 1.82) is 0 Å². The van der Waals surface area contributed by atoms with Gasteiger partial charge in [0.15, 0.2) is 0 Å². The summed E-state index contributed by atoms with van der Waals surface area (Å²) in [6.45, 7) is 0.665. The molecule has 0 spiro atoms. The van der Waals surface area contributed by atoms with Gasteiger partial charge in [-0.2, -0.15) is 20.5 Å². The highest BCUT2D eigenvalue weighted by molar-refractivity contribution is 7.99. The van der Waals surface area contributed by atoms with Gasteiger partial charge in [-0.15, -0.1) is 0 Å². The van der Waals surface area contributed by atoms with E-state index in [0.29, 0.717) is 12.3 Å². The van der Waals surface area contributed by atoms with E-state index in [-0.39, 0.29) is 5.91 Å². The molecule has 96 valence electrons. The average molecular weight is 282 g/mol. The highest BCUT2D eigenvalue weighted by Crippen LogP contribution is 2.21. The van der Waals surface area contributed by atoms with Crippen LogP contribution >= 0.6 is 23.5 Å². The third-order valence-corrected chi connectivity index (χ3v) is 3.87. The van der Waals surface area contributed by atoms with Gasteiger partial charge in [0, 0.05) is 0 Å². The smallest absolute Gasteiger partial charge is 0.234 e. The van der Waals surface area contributed by atoms with Gasteiger partial charge in [-0.25, -0.2) is 0 Å². The van der Waals surface area contributed by atoms with Crippen molar-refractivity contribution >= 4 is 46.1 Å². The predicted octanol–water partition coefficient (Wildman–Crippen LogP) is 1.71. The van der Waals surface area contributed by atoms with Crippen LogP contribution in [0.15, 0.2) is 18.2 Å². The van der Waals surface area contributed by atoms with Crippen LogP contribution < -0.4 is 11.1 Å². The molecule has 0 fully saturated rings. The maximum absolute atomic E-state index is 11.7. The number of rotatable bonds is 6. The van der Waals surface area contributed by atoms with E-state index in [0.717, 1.165) is 40.6 Å². The van der Waals surface area contributed by atoms with Crippen LogP contribution in [0.2, 0.25) is 0 Å². The van der Waals surface area contributed by atoms with Crippen molar-refractivity contribution < 1.29 is 4.79 Å². The lowest BCUT2D eigenvalue weighted by Crippen LogP contribution is -2.15. The molecule has 7 heteroatoms. The summed E-state index contributed by atoms with van der Waals surface area (Å²) in [6, 6.07) is 5.58. The van der Waals surface area contributed by atoms with Gasteiger partial charge in [0.2, 0.25) is 5.91 Å². The van der Waals surface area contributed by atoms with Crippen LogP contribution in [0.3, 0.4) is 0 Å². The second kappa shape index (κ2) is 6.67. The van der Waals surface area contributed by atoms with Crippen molar-refractivity contribution in [3.8, 4) is 0 Å². The summed E-state index contributed by atoms with van der Waals surface area (Å²) in [5, 5.41) is 2.86. The number of nitrogens with two attached hydrogens (primary N) is 1. The van der Waals surface area contributed by atoms with Gasteiger partial charge in [0.05, 0.1) is 23.2 Å². The van der Waals surface area contributed by atoms with Crippen LogP contribution in [0.25, 0.3) is 11.0 Å². The fourth-order valence-corrected chi connectivity index (χ4v) is 2.77. The number of thioether (sulfide) groups is 1. The van der Waals surface area contributed by atoms with E-state index in [1.165, 1.54) is 0 Å². The third kappa shape index (κ3) is 3.41. The lowest BCUT2D eigenvalue weighted by Gasteiger charge is -2.05. The van der Waals surface area contributed by atoms with Gasteiger partial charge in [-0.05, 0) is 30.9 Å². The number of carbonyl (C=O) groups is 1. The molecule has 0 atom stereocenters. The molecule has 1 heterocycles. The summed E-state index contributed by atoms with van der Waals surface area (Å²) in [6.07, 6.45) is 0.934. The highest BCUT2D eigenvalue weighted by atomic mass is 32.2.